The fourth-order valence-corrected chi connectivity index (χ4v) is 2.56. The van der Waals surface area contributed by atoms with Crippen molar-refractivity contribution < 1.29 is 4.42 Å². The number of guanidine groups is 1. The van der Waals surface area contributed by atoms with Crippen LogP contribution in [0.5, 0.6) is 0 Å². The Hall–Kier alpha value is -0.930. The molecule has 9 heteroatoms. The minimum atomic E-state index is -0.0606. The van der Waals surface area contributed by atoms with Crippen molar-refractivity contribution in [3.63, 3.8) is 0 Å². The zero-order chi connectivity index (χ0) is 18.6. The predicted octanol–water partition coefficient (Wildman–Crippen LogP) is 4.49. The molecule has 2 aromatic heterocycles. The summed E-state index contributed by atoms with van der Waals surface area (Å²) < 4.78 is 7.60. The monoisotopic (exact) mass is 513 g/mol. The highest BCUT2D eigenvalue weighted by molar-refractivity contribution is 14.0. The Morgan fingerprint density at radius 3 is 2.50 bits per heavy atom. The molecule has 0 spiro atoms. The van der Waals surface area contributed by atoms with Crippen LogP contribution in [0.25, 0.3) is 0 Å². The molecule has 0 aliphatic carbocycles. The highest BCUT2D eigenvalue weighted by Crippen LogP contribution is 2.25. The van der Waals surface area contributed by atoms with Crippen molar-refractivity contribution in [2.75, 3.05) is 6.54 Å². The van der Waals surface area contributed by atoms with E-state index in [1.807, 2.05) is 24.6 Å². The maximum absolute atomic E-state index is 6.09. The summed E-state index contributed by atoms with van der Waals surface area (Å²) in [6.45, 7) is 9.94. The normalized spacial score (nSPS) is 12.0. The molecule has 6 nitrogen and oxygen atoms in total. The van der Waals surface area contributed by atoms with Gasteiger partial charge in [0.15, 0.2) is 5.96 Å². The molecular weight excluding hydrogens is 488 g/mol. The minimum absolute atomic E-state index is 0. The third-order valence-corrected chi connectivity index (χ3v) is 4.50. The second-order valence-corrected chi connectivity index (χ2v) is 7.52. The van der Waals surface area contributed by atoms with Crippen LogP contribution in [0.1, 0.15) is 45.0 Å². The zero-order valence-corrected chi connectivity index (χ0v) is 19.5. The Morgan fingerprint density at radius 2 is 2.00 bits per heavy atom. The quantitative estimate of drug-likeness (QED) is 0.351. The van der Waals surface area contributed by atoms with Crippen molar-refractivity contribution in [2.45, 2.75) is 46.2 Å². The van der Waals surface area contributed by atoms with Gasteiger partial charge in [-0.3, -0.25) is 0 Å². The third kappa shape index (κ3) is 6.06. The number of nitrogens with one attached hydrogen (secondary N) is 2. The molecule has 2 N–H and O–H groups in total. The van der Waals surface area contributed by atoms with E-state index in [2.05, 4.69) is 41.4 Å². The van der Waals surface area contributed by atoms with Crippen molar-refractivity contribution in [1.82, 2.24) is 20.2 Å². The lowest BCUT2D eigenvalue weighted by Crippen LogP contribution is -2.36. The molecule has 0 atom stereocenters. The fourth-order valence-electron chi connectivity index (χ4n) is 2.14. The van der Waals surface area contributed by atoms with E-state index in [1.165, 1.54) is 0 Å². The van der Waals surface area contributed by atoms with Crippen LogP contribution in [0.3, 0.4) is 0 Å². The second-order valence-electron chi connectivity index (χ2n) is 6.75. The average Bonchev–Trinajstić information content (AvgIpc) is 3.11. The first-order valence-electron chi connectivity index (χ1n) is 8.19. The van der Waals surface area contributed by atoms with Gasteiger partial charge in [0, 0.05) is 24.7 Å². The highest BCUT2D eigenvalue weighted by Gasteiger charge is 2.19. The SMILES string of the molecule is CCNC(=NCc1cc(Cl)c(Cl)n1C)NCc1ncc(C(C)(C)C)o1.I. The van der Waals surface area contributed by atoms with E-state index in [0.29, 0.717) is 35.1 Å². The molecular formula is C17H26Cl2IN5O. The molecule has 26 heavy (non-hydrogen) atoms. The summed E-state index contributed by atoms with van der Waals surface area (Å²) in [7, 11) is 1.86. The molecule has 2 rings (SSSR count). The van der Waals surface area contributed by atoms with Gasteiger partial charge in [-0.2, -0.15) is 0 Å². The topological polar surface area (TPSA) is 67.4 Å². The van der Waals surface area contributed by atoms with Gasteiger partial charge in [0.2, 0.25) is 5.89 Å². The molecule has 0 radical (unpaired) electrons. The summed E-state index contributed by atoms with van der Waals surface area (Å²) in [5.74, 6) is 2.16. The summed E-state index contributed by atoms with van der Waals surface area (Å²) in [4.78, 5) is 8.87. The molecule has 2 aromatic rings. The standard InChI is InChI=1S/C17H25Cl2N5O.HI/c1-6-20-16(22-8-11-7-12(18)15(19)24(11)5)23-10-14-21-9-13(25-14)17(2,3)4;/h7,9H,6,8,10H2,1-5H3,(H2,20,22,23);1H. The smallest absolute Gasteiger partial charge is 0.213 e. The maximum atomic E-state index is 6.09. The Morgan fingerprint density at radius 1 is 1.31 bits per heavy atom. The van der Waals surface area contributed by atoms with E-state index in [-0.39, 0.29) is 29.4 Å². The van der Waals surface area contributed by atoms with Gasteiger partial charge >= 0.3 is 0 Å². The van der Waals surface area contributed by atoms with Crippen LogP contribution in [0.15, 0.2) is 21.7 Å². The van der Waals surface area contributed by atoms with Gasteiger partial charge in [-0.15, -0.1) is 24.0 Å². The second kappa shape index (κ2) is 9.85. The summed E-state index contributed by atoms with van der Waals surface area (Å²) in [6, 6.07) is 1.82. The number of aromatic nitrogens is 2. The van der Waals surface area contributed by atoms with Gasteiger partial charge in [-0.25, -0.2) is 9.98 Å². The van der Waals surface area contributed by atoms with Gasteiger partial charge in [0.1, 0.15) is 10.9 Å². The molecule has 0 aromatic carbocycles. The van der Waals surface area contributed by atoms with E-state index in [1.54, 1.807) is 6.20 Å². The summed E-state index contributed by atoms with van der Waals surface area (Å²) in [5.41, 5.74) is 0.868. The number of hydrogen-bond acceptors (Lipinski definition) is 3. The maximum Gasteiger partial charge on any atom is 0.213 e. The van der Waals surface area contributed by atoms with Gasteiger partial charge in [0.05, 0.1) is 24.3 Å². The van der Waals surface area contributed by atoms with Crippen molar-refractivity contribution >= 4 is 53.1 Å². The number of rotatable bonds is 5. The molecule has 0 aliphatic rings. The minimum Gasteiger partial charge on any atom is -0.443 e. The van der Waals surface area contributed by atoms with Gasteiger partial charge in [0.25, 0.3) is 0 Å². The largest absolute Gasteiger partial charge is 0.443 e. The van der Waals surface area contributed by atoms with Crippen LogP contribution in [0.2, 0.25) is 10.2 Å². The molecule has 0 unspecified atom stereocenters. The first-order chi connectivity index (χ1) is 11.7. The van der Waals surface area contributed by atoms with E-state index in [0.717, 1.165) is 18.0 Å². The number of nitrogens with zero attached hydrogens (tertiary/aromatic N) is 3. The lowest BCUT2D eigenvalue weighted by atomic mass is 9.94. The Labute approximate surface area is 181 Å². The van der Waals surface area contributed by atoms with Crippen LogP contribution in [-0.4, -0.2) is 22.1 Å². The fraction of sp³-hybridized carbons (Fsp3) is 0.529. The predicted molar refractivity (Wildman–Crippen MR) is 118 cm³/mol. The molecule has 0 amide bonds. The van der Waals surface area contributed by atoms with Crippen molar-refractivity contribution in [1.29, 1.82) is 0 Å². The molecule has 0 fully saturated rings. The Kier molecular flexibility index (Phi) is 8.75. The van der Waals surface area contributed by atoms with Crippen LogP contribution < -0.4 is 10.6 Å². The van der Waals surface area contributed by atoms with Crippen molar-refractivity contribution in [3.05, 3.63) is 39.8 Å². The zero-order valence-electron chi connectivity index (χ0n) is 15.7. The van der Waals surface area contributed by atoms with E-state index < -0.39 is 0 Å². The van der Waals surface area contributed by atoms with E-state index in [4.69, 9.17) is 27.6 Å². The van der Waals surface area contributed by atoms with Gasteiger partial charge in [-0.05, 0) is 13.0 Å². The lowest BCUT2D eigenvalue weighted by molar-refractivity contribution is 0.379. The highest BCUT2D eigenvalue weighted by atomic mass is 127. The Bertz CT molecular complexity index is 749. The summed E-state index contributed by atoms with van der Waals surface area (Å²) >= 11 is 12.1. The van der Waals surface area contributed by atoms with Gasteiger partial charge < -0.3 is 19.6 Å². The van der Waals surface area contributed by atoms with Crippen LogP contribution in [0, 0.1) is 0 Å². The first kappa shape index (κ1) is 23.1. The van der Waals surface area contributed by atoms with Crippen molar-refractivity contribution in [2.24, 2.45) is 12.0 Å². The van der Waals surface area contributed by atoms with Crippen LogP contribution in [0.4, 0.5) is 0 Å². The molecule has 146 valence electrons. The van der Waals surface area contributed by atoms with Crippen LogP contribution in [-0.2, 0) is 25.6 Å². The average molecular weight is 514 g/mol. The Balaban J connectivity index is 0.00000338. The molecule has 0 bridgehead atoms. The molecule has 0 saturated carbocycles. The molecule has 0 saturated heterocycles. The number of aliphatic imine (C=N–C) groups is 1. The van der Waals surface area contributed by atoms with E-state index in [9.17, 15) is 0 Å². The summed E-state index contributed by atoms with van der Waals surface area (Å²) in [5, 5.41) is 7.46. The van der Waals surface area contributed by atoms with Crippen LogP contribution >= 0.6 is 47.2 Å². The number of hydrogen-bond donors (Lipinski definition) is 2. The first-order valence-corrected chi connectivity index (χ1v) is 8.95. The third-order valence-electron chi connectivity index (χ3n) is 3.66. The van der Waals surface area contributed by atoms with Gasteiger partial charge in [-0.1, -0.05) is 44.0 Å². The van der Waals surface area contributed by atoms with Crippen molar-refractivity contribution in [3.8, 4) is 0 Å². The molecule has 2 heterocycles. The lowest BCUT2D eigenvalue weighted by Gasteiger charge is -2.13. The number of halogens is 3. The molecule has 0 aliphatic heterocycles. The van der Waals surface area contributed by atoms with E-state index >= 15 is 0 Å². The summed E-state index contributed by atoms with van der Waals surface area (Å²) in [6.07, 6.45) is 1.77. The number of oxazole rings is 1.